The van der Waals surface area contributed by atoms with Gasteiger partial charge in [0.15, 0.2) is 0 Å². The highest BCUT2D eigenvalue weighted by atomic mass is 16.0. The molecule has 2 aliphatic rings. The Hall–Kier alpha value is -0.0800. The predicted molar refractivity (Wildman–Crippen MR) is 97.4 cm³/mol. The molecule has 2 aliphatic carbocycles. The Morgan fingerprint density at radius 2 is 1.05 bits per heavy atom. The first-order valence-corrected chi connectivity index (χ1v) is 9.88. The Morgan fingerprint density at radius 1 is 0.682 bits per heavy atom. The number of nitrogens with zero attached hydrogens (tertiary/aromatic N) is 1. The third-order valence-electron chi connectivity index (χ3n) is 6.40. The molecule has 0 atom stereocenters. The van der Waals surface area contributed by atoms with Crippen molar-refractivity contribution in [1.29, 1.82) is 0 Å². The third kappa shape index (κ3) is 4.96. The summed E-state index contributed by atoms with van der Waals surface area (Å²) in [6.45, 7) is 8.89. The van der Waals surface area contributed by atoms with Crippen molar-refractivity contribution < 1.29 is 5.48 Å². The fraction of sp³-hybridized carbons (Fsp3) is 1.00. The Morgan fingerprint density at radius 3 is 1.36 bits per heavy atom. The van der Waals surface area contributed by atoms with Gasteiger partial charge in [-0.25, -0.2) is 0 Å². The van der Waals surface area contributed by atoms with Crippen LogP contribution in [0.1, 0.15) is 111 Å². The van der Waals surface area contributed by atoms with Gasteiger partial charge in [-0.2, -0.15) is 0 Å². The SMILES string of the molecule is CCCCN(C1(C)CCCCCC1)C1(C)CCCCCC1.O. The zero-order chi connectivity index (χ0) is 15.2. The summed E-state index contributed by atoms with van der Waals surface area (Å²) in [5.74, 6) is 0. The number of hydrogen-bond donors (Lipinski definition) is 0. The second kappa shape index (κ2) is 9.27. The van der Waals surface area contributed by atoms with Crippen LogP contribution in [0.5, 0.6) is 0 Å². The van der Waals surface area contributed by atoms with Gasteiger partial charge in [0.1, 0.15) is 0 Å². The summed E-state index contributed by atoms with van der Waals surface area (Å²) < 4.78 is 0. The molecule has 0 radical (unpaired) electrons. The van der Waals surface area contributed by atoms with Crippen LogP contribution in [0.3, 0.4) is 0 Å². The van der Waals surface area contributed by atoms with E-state index in [2.05, 4.69) is 25.7 Å². The minimum Gasteiger partial charge on any atom is -0.412 e. The van der Waals surface area contributed by atoms with Gasteiger partial charge in [-0.05, 0) is 52.5 Å². The minimum absolute atomic E-state index is 0. The molecular formula is C20H41NO. The van der Waals surface area contributed by atoms with E-state index in [1.54, 1.807) is 0 Å². The lowest BCUT2D eigenvalue weighted by atomic mass is 9.81. The molecule has 0 aromatic carbocycles. The summed E-state index contributed by atoms with van der Waals surface area (Å²) >= 11 is 0. The number of unbranched alkanes of at least 4 members (excludes halogenated alkanes) is 1. The molecule has 0 saturated heterocycles. The van der Waals surface area contributed by atoms with E-state index < -0.39 is 0 Å². The quantitative estimate of drug-likeness (QED) is 0.618. The van der Waals surface area contributed by atoms with Crippen molar-refractivity contribution in [2.45, 2.75) is 122 Å². The fourth-order valence-corrected chi connectivity index (χ4v) is 5.03. The molecular weight excluding hydrogens is 270 g/mol. The molecule has 0 amide bonds. The Labute approximate surface area is 139 Å². The van der Waals surface area contributed by atoms with Gasteiger partial charge in [0.05, 0.1) is 0 Å². The molecule has 22 heavy (non-hydrogen) atoms. The van der Waals surface area contributed by atoms with Crippen LogP contribution in [0.2, 0.25) is 0 Å². The average molecular weight is 312 g/mol. The summed E-state index contributed by atoms with van der Waals surface area (Å²) in [6.07, 6.45) is 20.1. The van der Waals surface area contributed by atoms with Gasteiger partial charge in [0, 0.05) is 11.1 Å². The first kappa shape index (κ1) is 20.0. The van der Waals surface area contributed by atoms with E-state index in [4.69, 9.17) is 0 Å². The first-order valence-electron chi connectivity index (χ1n) is 9.88. The molecule has 0 bridgehead atoms. The molecule has 2 saturated carbocycles. The van der Waals surface area contributed by atoms with Crippen LogP contribution in [0.15, 0.2) is 0 Å². The number of rotatable bonds is 5. The van der Waals surface area contributed by atoms with Gasteiger partial charge in [0.25, 0.3) is 0 Å². The summed E-state index contributed by atoms with van der Waals surface area (Å²) in [5.41, 5.74) is 0.954. The summed E-state index contributed by atoms with van der Waals surface area (Å²) in [5, 5.41) is 0. The molecule has 0 aromatic heterocycles. The Kier molecular flexibility index (Phi) is 8.42. The summed E-state index contributed by atoms with van der Waals surface area (Å²) in [6, 6.07) is 0. The zero-order valence-electron chi connectivity index (χ0n) is 15.6. The molecule has 0 unspecified atom stereocenters. The lowest BCUT2D eigenvalue weighted by Gasteiger charge is -2.52. The Balaban J connectivity index is 0.00000242. The summed E-state index contributed by atoms with van der Waals surface area (Å²) in [4.78, 5) is 3.01. The molecule has 2 rings (SSSR count). The van der Waals surface area contributed by atoms with Gasteiger partial charge in [-0.15, -0.1) is 0 Å². The van der Waals surface area contributed by atoms with E-state index >= 15 is 0 Å². The second-order valence-electron chi connectivity index (χ2n) is 8.33. The molecule has 2 N–H and O–H groups in total. The van der Waals surface area contributed by atoms with Gasteiger partial charge in [-0.3, -0.25) is 4.90 Å². The molecule has 0 spiro atoms. The van der Waals surface area contributed by atoms with Crippen molar-refractivity contribution in [2.24, 2.45) is 0 Å². The maximum absolute atomic E-state index is 3.01. The fourth-order valence-electron chi connectivity index (χ4n) is 5.03. The third-order valence-corrected chi connectivity index (χ3v) is 6.40. The van der Waals surface area contributed by atoms with Crippen LogP contribution in [-0.2, 0) is 0 Å². The van der Waals surface area contributed by atoms with Gasteiger partial charge >= 0.3 is 0 Å². The predicted octanol–water partition coefficient (Wildman–Crippen LogP) is 5.49. The zero-order valence-corrected chi connectivity index (χ0v) is 15.6. The van der Waals surface area contributed by atoms with Crippen molar-refractivity contribution in [2.75, 3.05) is 6.54 Å². The van der Waals surface area contributed by atoms with E-state index in [0.717, 1.165) is 0 Å². The monoisotopic (exact) mass is 311 g/mol. The van der Waals surface area contributed by atoms with Gasteiger partial charge < -0.3 is 5.48 Å². The molecule has 2 heteroatoms. The first-order chi connectivity index (χ1) is 10.1. The normalized spacial score (nSPS) is 25.1. The van der Waals surface area contributed by atoms with Crippen LogP contribution >= 0.6 is 0 Å². The van der Waals surface area contributed by atoms with Gasteiger partial charge in [-0.1, -0.05) is 64.7 Å². The highest BCUT2D eigenvalue weighted by molar-refractivity contribution is 4.98. The van der Waals surface area contributed by atoms with Gasteiger partial charge in [0.2, 0.25) is 0 Å². The molecule has 2 nitrogen and oxygen atoms in total. The summed E-state index contributed by atoms with van der Waals surface area (Å²) in [7, 11) is 0. The largest absolute Gasteiger partial charge is 0.412 e. The van der Waals surface area contributed by atoms with E-state index in [1.165, 1.54) is 96.4 Å². The molecule has 0 aromatic rings. The lowest BCUT2D eigenvalue weighted by Crippen LogP contribution is -2.58. The Bertz CT molecular complexity index is 260. The van der Waals surface area contributed by atoms with E-state index in [9.17, 15) is 0 Å². The van der Waals surface area contributed by atoms with Crippen molar-refractivity contribution >= 4 is 0 Å². The smallest absolute Gasteiger partial charge is 0.0186 e. The van der Waals surface area contributed by atoms with Crippen LogP contribution in [0.25, 0.3) is 0 Å². The molecule has 0 aliphatic heterocycles. The average Bonchev–Trinajstić information content (AvgIpc) is 2.81. The topological polar surface area (TPSA) is 34.7 Å². The lowest BCUT2D eigenvalue weighted by molar-refractivity contribution is -0.0237. The van der Waals surface area contributed by atoms with Crippen LogP contribution in [-0.4, -0.2) is 28.0 Å². The second-order valence-corrected chi connectivity index (χ2v) is 8.33. The van der Waals surface area contributed by atoms with E-state index in [1.807, 2.05) is 0 Å². The van der Waals surface area contributed by atoms with Crippen LogP contribution in [0, 0.1) is 0 Å². The van der Waals surface area contributed by atoms with Crippen molar-refractivity contribution in [3.63, 3.8) is 0 Å². The van der Waals surface area contributed by atoms with Crippen molar-refractivity contribution in [1.82, 2.24) is 4.90 Å². The van der Waals surface area contributed by atoms with Crippen molar-refractivity contribution in [3.05, 3.63) is 0 Å². The molecule has 132 valence electrons. The molecule has 0 heterocycles. The minimum atomic E-state index is 0. The maximum atomic E-state index is 3.01. The van der Waals surface area contributed by atoms with E-state index in [0.29, 0.717) is 11.1 Å². The van der Waals surface area contributed by atoms with E-state index in [-0.39, 0.29) is 5.48 Å². The van der Waals surface area contributed by atoms with Crippen LogP contribution < -0.4 is 0 Å². The standard InChI is InChI=1S/C20H39N.H2O/c1-4-5-18-21(19(2)14-10-6-7-11-15-19)20(3)16-12-8-9-13-17-20;/h4-18H2,1-3H3;1H2. The number of hydrogen-bond acceptors (Lipinski definition) is 1. The van der Waals surface area contributed by atoms with Crippen LogP contribution in [0.4, 0.5) is 0 Å². The van der Waals surface area contributed by atoms with Crippen molar-refractivity contribution in [3.8, 4) is 0 Å². The molecule has 2 fully saturated rings. The maximum Gasteiger partial charge on any atom is 0.0186 e. The highest BCUT2D eigenvalue weighted by Gasteiger charge is 2.42. The highest BCUT2D eigenvalue weighted by Crippen LogP contribution is 2.42.